The van der Waals surface area contributed by atoms with Gasteiger partial charge in [-0.1, -0.05) is 0 Å². The third-order valence-corrected chi connectivity index (χ3v) is 2.87. The Morgan fingerprint density at radius 1 is 1.36 bits per heavy atom. The van der Waals surface area contributed by atoms with E-state index in [9.17, 15) is 23.3 Å². The molecule has 0 saturated heterocycles. The Bertz CT molecular complexity index is 578. The fraction of sp³-hybridized carbons (Fsp3) is 0.417. The van der Waals surface area contributed by atoms with Crippen LogP contribution in [0.3, 0.4) is 0 Å². The van der Waals surface area contributed by atoms with Gasteiger partial charge in [0.05, 0.1) is 10.5 Å². The number of aliphatic imine (C=N–C) groups is 1. The van der Waals surface area contributed by atoms with E-state index in [4.69, 9.17) is 0 Å². The third kappa shape index (κ3) is 5.00. The number of nitrogens with one attached hydrogen (secondary N) is 2. The van der Waals surface area contributed by atoms with Gasteiger partial charge in [0.2, 0.25) is 0 Å². The zero-order chi connectivity index (χ0) is 15.5. The van der Waals surface area contributed by atoms with Gasteiger partial charge < -0.3 is 10.6 Å². The molecule has 122 valence electrons. The van der Waals surface area contributed by atoms with E-state index in [-0.39, 0.29) is 36.1 Å². The van der Waals surface area contributed by atoms with Crippen LogP contribution >= 0.6 is 24.0 Å². The van der Waals surface area contributed by atoms with Crippen LogP contribution in [0.5, 0.6) is 0 Å². The second-order valence-corrected chi connectivity index (χ2v) is 4.51. The molecule has 10 heteroatoms. The molecule has 0 spiro atoms. The van der Waals surface area contributed by atoms with E-state index < -0.39 is 22.4 Å². The summed E-state index contributed by atoms with van der Waals surface area (Å²) in [4.78, 5) is 14.0. The summed E-state index contributed by atoms with van der Waals surface area (Å²) in [5.74, 6) is 0.487. The second kappa shape index (κ2) is 7.61. The Morgan fingerprint density at radius 3 is 2.64 bits per heavy atom. The summed E-state index contributed by atoms with van der Waals surface area (Å²) in [7, 11) is 0. The maximum Gasteiger partial charge on any atom is 0.416 e. The smallest absolute Gasteiger partial charge is 0.356 e. The van der Waals surface area contributed by atoms with Crippen molar-refractivity contribution in [2.45, 2.75) is 19.1 Å². The Kier molecular flexibility index (Phi) is 6.38. The number of guanidine groups is 1. The summed E-state index contributed by atoms with van der Waals surface area (Å²) in [6.45, 7) is 1.39. The summed E-state index contributed by atoms with van der Waals surface area (Å²) in [6.07, 6.45) is -3.73. The number of alkyl halides is 3. The molecule has 0 radical (unpaired) electrons. The fourth-order valence-electron chi connectivity index (χ4n) is 1.88. The van der Waals surface area contributed by atoms with E-state index in [1.807, 2.05) is 0 Å². The van der Waals surface area contributed by atoms with Crippen molar-refractivity contribution in [1.82, 2.24) is 10.6 Å². The molecule has 0 saturated carbocycles. The van der Waals surface area contributed by atoms with Crippen LogP contribution in [-0.4, -0.2) is 24.0 Å². The van der Waals surface area contributed by atoms with Crippen LogP contribution in [0.25, 0.3) is 0 Å². The average molecular weight is 430 g/mol. The van der Waals surface area contributed by atoms with Crippen LogP contribution in [0.15, 0.2) is 23.2 Å². The highest BCUT2D eigenvalue weighted by Gasteiger charge is 2.32. The summed E-state index contributed by atoms with van der Waals surface area (Å²) >= 11 is 0. The van der Waals surface area contributed by atoms with E-state index >= 15 is 0 Å². The van der Waals surface area contributed by atoms with Gasteiger partial charge in [-0.3, -0.25) is 15.1 Å². The zero-order valence-corrected chi connectivity index (χ0v) is 13.6. The molecule has 0 aliphatic carbocycles. The molecule has 1 heterocycles. The Balaban J connectivity index is 0.00000242. The van der Waals surface area contributed by atoms with Gasteiger partial charge in [-0.15, -0.1) is 24.0 Å². The van der Waals surface area contributed by atoms with Crippen molar-refractivity contribution in [3.8, 4) is 0 Å². The summed E-state index contributed by atoms with van der Waals surface area (Å²) < 4.78 is 38.2. The minimum Gasteiger partial charge on any atom is -0.356 e. The molecule has 1 aliphatic heterocycles. The molecule has 2 rings (SSSR count). The SMILES string of the molecule is I.O=[N+]([O-])c1cc(CNC2=NCCCN2)cc(C(F)(F)F)c1. The summed E-state index contributed by atoms with van der Waals surface area (Å²) in [5.41, 5.74) is -1.45. The maximum atomic E-state index is 12.7. The van der Waals surface area contributed by atoms with E-state index in [2.05, 4.69) is 15.6 Å². The number of rotatable bonds is 3. The molecule has 22 heavy (non-hydrogen) atoms. The average Bonchev–Trinajstić information content (AvgIpc) is 2.45. The van der Waals surface area contributed by atoms with Gasteiger partial charge in [-0.2, -0.15) is 13.2 Å². The van der Waals surface area contributed by atoms with Crippen molar-refractivity contribution in [2.24, 2.45) is 4.99 Å². The predicted molar refractivity (Wildman–Crippen MR) is 85.3 cm³/mol. The van der Waals surface area contributed by atoms with Crippen molar-refractivity contribution in [3.05, 3.63) is 39.4 Å². The molecule has 1 aliphatic rings. The number of benzene rings is 1. The van der Waals surface area contributed by atoms with E-state index in [0.717, 1.165) is 25.1 Å². The van der Waals surface area contributed by atoms with Crippen molar-refractivity contribution in [2.75, 3.05) is 13.1 Å². The minimum absolute atomic E-state index is 0. The standard InChI is InChI=1S/C12H13F3N4O2.HI/c13-12(14,15)9-4-8(5-10(6-9)19(20)21)7-18-11-16-2-1-3-17-11;/h4-6H,1-3,7H2,(H2,16,17,18);1H. The van der Waals surface area contributed by atoms with E-state index in [1.165, 1.54) is 0 Å². The fourth-order valence-corrected chi connectivity index (χ4v) is 1.88. The molecule has 0 unspecified atom stereocenters. The third-order valence-electron chi connectivity index (χ3n) is 2.87. The molecule has 6 nitrogen and oxygen atoms in total. The largest absolute Gasteiger partial charge is 0.416 e. The first-order valence-electron chi connectivity index (χ1n) is 6.24. The maximum absolute atomic E-state index is 12.7. The quantitative estimate of drug-likeness (QED) is 0.439. The molecule has 0 bridgehead atoms. The number of nitro benzene ring substituents is 1. The Labute approximate surface area is 141 Å². The number of hydrogen-bond donors (Lipinski definition) is 2. The molecule has 0 amide bonds. The minimum atomic E-state index is -4.62. The molecular weight excluding hydrogens is 416 g/mol. The van der Waals surface area contributed by atoms with Crippen molar-refractivity contribution >= 4 is 35.6 Å². The van der Waals surface area contributed by atoms with Gasteiger partial charge in [0.1, 0.15) is 0 Å². The van der Waals surface area contributed by atoms with Gasteiger partial charge in [-0.05, 0) is 18.1 Å². The van der Waals surface area contributed by atoms with Crippen LogP contribution < -0.4 is 10.6 Å². The number of nitro groups is 1. The highest BCUT2D eigenvalue weighted by Crippen LogP contribution is 2.32. The lowest BCUT2D eigenvalue weighted by Crippen LogP contribution is -2.40. The first kappa shape index (κ1) is 18.5. The summed E-state index contributed by atoms with van der Waals surface area (Å²) in [5, 5.41) is 16.5. The van der Waals surface area contributed by atoms with Gasteiger partial charge >= 0.3 is 6.18 Å². The first-order valence-corrected chi connectivity index (χ1v) is 6.24. The molecular formula is C12H14F3IN4O2. The molecule has 2 N–H and O–H groups in total. The zero-order valence-electron chi connectivity index (χ0n) is 11.3. The number of hydrogen-bond acceptors (Lipinski definition) is 5. The van der Waals surface area contributed by atoms with Gasteiger partial charge in [-0.25, -0.2) is 0 Å². The van der Waals surface area contributed by atoms with Crippen LogP contribution in [0.1, 0.15) is 17.5 Å². The monoisotopic (exact) mass is 430 g/mol. The Hall–Kier alpha value is -1.59. The van der Waals surface area contributed by atoms with E-state index in [1.54, 1.807) is 0 Å². The Morgan fingerprint density at radius 2 is 2.09 bits per heavy atom. The lowest BCUT2D eigenvalue weighted by molar-refractivity contribution is -0.385. The number of nitrogens with zero attached hydrogens (tertiary/aromatic N) is 2. The van der Waals surface area contributed by atoms with Crippen molar-refractivity contribution < 1.29 is 18.1 Å². The number of halogens is 4. The van der Waals surface area contributed by atoms with Crippen LogP contribution in [-0.2, 0) is 12.7 Å². The van der Waals surface area contributed by atoms with Crippen LogP contribution in [0, 0.1) is 10.1 Å². The molecule has 1 aromatic carbocycles. The van der Waals surface area contributed by atoms with Gasteiger partial charge in [0, 0.05) is 31.8 Å². The van der Waals surface area contributed by atoms with E-state index in [0.29, 0.717) is 18.6 Å². The van der Waals surface area contributed by atoms with Gasteiger partial charge in [0.15, 0.2) is 5.96 Å². The highest BCUT2D eigenvalue weighted by atomic mass is 127. The summed E-state index contributed by atoms with van der Waals surface area (Å²) in [6, 6.07) is 2.54. The first-order chi connectivity index (χ1) is 9.86. The van der Waals surface area contributed by atoms with Crippen molar-refractivity contribution in [3.63, 3.8) is 0 Å². The lowest BCUT2D eigenvalue weighted by atomic mass is 10.1. The predicted octanol–water partition coefficient (Wildman–Crippen LogP) is 2.67. The van der Waals surface area contributed by atoms with Gasteiger partial charge in [0.25, 0.3) is 5.69 Å². The molecule has 0 aromatic heterocycles. The molecule has 1 aromatic rings. The van der Waals surface area contributed by atoms with Crippen LogP contribution in [0.4, 0.5) is 18.9 Å². The van der Waals surface area contributed by atoms with Crippen LogP contribution in [0.2, 0.25) is 0 Å². The normalized spacial score (nSPS) is 14.4. The topological polar surface area (TPSA) is 79.6 Å². The molecule has 0 atom stereocenters. The van der Waals surface area contributed by atoms with Crippen molar-refractivity contribution in [1.29, 1.82) is 0 Å². The highest BCUT2D eigenvalue weighted by molar-refractivity contribution is 14.0. The lowest BCUT2D eigenvalue weighted by Gasteiger charge is -2.16. The molecule has 0 fully saturated rings. The number of non-ortho nitro benzene ring substituents is 1. The second-order valence-electron chi connectivity index (χ2n) is 4.51.